The second-order valence-corrected chi connectivity index (χ2v) is 7.03. The van der Waals surface area contributed by atoms with Gasteiger partial charge in [0.15, 0.2) is 5.82 Å². The van der Waals surface area contributed by atoms with E-state index < -0.39 is 15.8 Å². The molecule has 1 saturated heterocycles. The monoisotopic (exact) mass is 301 g/mol. The first-order valence-electron chi connectivity index (χ1n) is 6.78. The number of halogens is 1. The van der Waals surface area contributed by atoms with Crippen molar-refractivity contribution in [3.8, 4) is 0 Å². The Morgan fingerprint density at radius 3 is 3.00 bits per heavy atom. The van der Waals surface area contributed by atoms with Gasteiger partial charge in [-0.15, -0.1) is 0 Å². The predicted molar refractivity (Wildman–Crippen MR) is 76.5 cm³/mol. The molecule has 1 unspecified atom stereocenters. The Labute approximate surface area is 119 Å². The van der Waals surface area contributed by atoms with Crippen LogP contribution in [-0.2, 0) is 10.0 Å². The van der Waals surface area contributed by atoms with Crippen LogP contribution in [0.25, 0.3) is 0 Å². The fourth-order valence-electron chi connectivity index (χ4n) is 2.59. The topological polar surface area (TPSA) is 62.3 Å². The van der Waals surface area contributed by atoms with Crippen LogP contribution in [0.5, 0.6) is 0 Å². The van der Waals surface area contributed by atoms with Crippen LogP contribution in [0, 0.1) is 5.82 Å². The number of pyridine rings is 1. The van der Waals surface area contributed by atoms with Crippen molar-refractivity contribution in [2.24, 2.45) is 0 Å². The first-order chi connectivity index (χ1) is 9.48. The maximum absolute atomic E-state index is 13.4. The summed E-state index contributed by atoms with van der Waals surface area (Å²) in [6.45, 7) is 1.13. The van der Waals surface area contributed by atoms with Gasteiger partial charge >= 0.3 is 0 Å². The minimum atomic E-state index is -3.16. The first kappa shape index (κ1) is 15.2. The van der Waals surface area contributed by atoms with Crippen LogP contribution in [-0.4, -0.2) is 43.1 Å². The predicted octanol–water partition coefficient (Wildman–Crippen LogP) is 1.84. The van der Waals surface area contributed by atoms with Gasteiger partial charge in [-0.25, -0.2) is 12.8 Å². The third-order valence-electron chi connectivity index (χ3n) is 3.56. The van der Waals surface area contributed by atoms with Crippen molar-refractivity contribution in [3.05, 3.63) is 24.3 Å². The van der Waals surface area contributed by atoms with Crippen molar-refractivity contribution in [2.75, 3.05) is 24.7 Å². The van der Waals surface area contributed by atoms with Crippen molar-refractivity contribution in [1.29, 1.82) is 0 Å². The fourth-order valence-corrected chi connectivity index (χ4v) is 3.80. The molecule has 112 valence electrons. The van der Waals surface area contributed by atoms with Gasteiger partial charge in [-0.2, -0.15) is 4.31 Å². The number of aromatic nitrogens is 1. The third kappa shape index (κ3) is 3.89. The van der Waals surface area contributed by atoms with Gasteiger partial charge in [-0.1, -0.05) is 6.42 Å². The van der Waals surface area contributed by atoms with E-state index in [1.165, 1.54) is 12.5 Å². The molecule has 0 aromatic carbocycles. The smallest absolute Gasteiger partial charge is 0.211 e. The minimum Gasteiger partial charge on any atom is -0.383 e. The summed E-state index contributed by atoms with van der Waals surface area (Å²) in [6.07, 6.45) is 7.43. The van der Waals surface area contributed by atoms with Crippen LogP contribution in [0.4, 0.5) is 10.1 Å². The van der Waals surface area contributed by atoms with Gasteiger partial charge in [0, 0.05) is 25.3 Å². The van der Waals surface area contributed by atoms with E-state index in [-0.39, 0.29) is 6.04 Å². The molecule has 0 spiro atoms. The number of nitrogens with zero attached hydrogens (tertiary/aromatic N) is 2. The highest BCUT2D eigenvalue weighted by molar-refractivity contribution is 7.88. The molecular weight excluding hydrogens is 281 g/mol. The van der Waals surface area contributed by atoms with Gasteiger partial charge < -0.3 is 5.32 Å². The molecule has 1 aromatic rings. The minimum absolute atomic E-state index is 0.0103. The summed E-state index contributed by atoms with van der Waals surface area (Å²) < 4.78 is 38.4. The summed E-state index contributed by atoms with van der Waals surface area (Å²) in [7, 11) is -3.16. The molecule has 1 atom stereocenters. The molecule has 1 N–H and O–H groups in total. The van der Waals surface area contributed by atoms with E-state index in [0.717, 1.165) is 25.5 Å². The van der Waals surface area contributed by atoms with E-state index in [1.54, 1.807) is 10.4 Å². The zero-order valence-electron chi connectivity index (χ0n) is 11.5. The zero-order chi connectivity index (χ0) is 14.6. The fraction of sp³-hybridized carbons (Fsp3) is 0.615. The van der Waals surface area contributed by atoms with Crippen LogP contribution in [0.2, 0.25) is 0 Å². The third-order valence-corrected chi connectivity index (χ3v) is 4.90. The van der Waals surface area contributed by atoms with Crippen molar-refractivity contribution in [1.82, 2.24) is 9.29 Å². The molecule has 1 aliphatic rings. The van der Waals surface area contributed by atoms with Gasteiger partial charge in [0.05, 0.1) is 18.1 Å². The van der Waals surface area contributed by atoms with Crippen LogP contribution in [0.1, 0.15) is 25.7 Å². The largest absolute Gasteiger partial charge is 0.383 e. The first-order valence-corrected chi connectivity index (χ1v) is 8.63. The lowest BCUT2D eigenvalue weighted by Crippen LogP contribution is -2.43. The standard InChI is InChI=1S/C13H20FN3O2S/c1-20(18,19)17-9-3-2-4-11(17)5-8-16-13-6-7-15-10-12(13)14/h6-7,10-11H,2-5,8-9H2,1H3,(H,15,16). The Bertz CT molecular complexity index is 550. The van der Waals surface area contributed by atoms with Crippen LogP contribution in [0.3, 0.4) is 0 Å². The van der Waals surface area contributed by atoms with E-state index in [2.05, 4.69) is 10.3 Å². The highest BCUT2D eigenvalue weighted by Crippen LogP contribution is 2.22. The SMILES string of the molecule is CS(=O)(=O)N1CCCCC1CCNc1ccncc1F. The quantitative estimate of drug-likeness (QED) is 0.901. The molecule has 0 saturated carbocycles. The Balaban J connectivity index is 1.91. The Morgan fingerprint density at radius 2 is 2.30 bits per heavy atom. The van der Waals surface area contributed by atoms with Crippen molar-refractivity contribution in [3.63, 3.8) is 0 Å². The van der Waals surface area contributed by atoms with Crippen LogP contribution >= 0.6 is 0 Å². The molecule has 2 heterocycles. The number of anilines is 1. The Morgan fingerprint density at radius 1 is 1.50 bits per heavy atom. The van der Waals surface area contributed by atoms with E-state index in [0.29, 0.717) is 25.2 Å². The molecule has 5 nitrogen and oxygen atoms in total. The van der Waals surface area contributed by atoms with Gasteiger partial charge in [0.1, 0.15) is 0 Å². The van der Waals surface area contributed by atoms with Crippen molar-refractivity contribution >= 4 is 15.7 Å². The molecule has 20 heavy (non-hydrogen) atoms. The lowest BCUT2D eigenvalue weighted by molar-refractivity contribution is 0.246. The number of hydrogen-bond donors (Lipinski definition) is 1. The van der Waals surface area contributed by atoms with Crippen LogP contribution in [0.15, 0.2) is 18.5 Å². The molecule has 0 radical (unpaired) electrons. The van der Waals surface area contributed by atoms with E-state index >= 15 is 0 Å². The molecular formula is C13H20FN3O2S. The second kappa shape index (κ2) is 6.49. The summed E-state index contributed by atoms with van der Waals surface area (Å²) in [5, 5.41) is 3.00. The van der Waals surface area contributed by atoms with Crippen molar-refractivity contribution in [2.45, 2.75) is 31.7 Å². The Kier molecular flexibility index (Phi) is 4.93. The van der Waals surface area contributed by atoms with E-state index in [9.17, 15) is 12.8 Å². The van der Waals surface area contributed by atoms with Gasteiger partial charge in [0.2, 0.25) is 10.0 Å². The molecule has 7 heteroatoms. The zero-order valence-corrected chi connectivity index (χ0v) is 12.4. The lowest BCUT2D eigenvalue weighted by atomic mass is 10.0. The lowest BCUT2D eigenvalue weighted by Gasteiger charge is -2.33. The molecule has 1 aliphatic heterocycles. The Hall–Kier alpha value is -1.21. The van der Waals surface area contributed by atoms with Gasteiger partial charge in [-0.05, 0) is 25.3 Å². The maximum atomic E-state index is 13.4. The number of piperidine rings is 1. The molecule has 2 rings (SSSR count). The maximum Gasteiger partial charge on any atom is 0.211 e. The summed E-state index contributed by atoms with van der Waals surface area (Å²) in [6, 6.07) is 1.58. The molecule has 1 aromatic heterocycles. The summed E-state index contributed by atoms with van der Waals surface area (Å²) in [4.78, 5) is 3.68. The second-order valence-electron chi connectivity index (χ2n) is 5.09. The van der Waals surface area contributed by atoms with Gasteiger partial charge in [0.25, 0.3) is 0 Å². The average Bonchev–Trinajstić information content (AvgIpc) is 2.40. The molecule has 0 aliphatic carbocycles. The van der Waals surface area contributed by atoms with Gasteiger partial charge in [-0.3, -0.25) is 4.98 Å². The van der Waals surface area contributed by atoms with Crippen molar-refractivity contribution < 1.29 is 12.8 Å². The summed E-state index contributed by atoms with van der Waals surface area (Å²) in [5.74, 6) is -0.392. The van der Waals surface area contributed by atoms with E-state index in [4.69, 9.17) is 0 Å². The number of sulfonamides is 1. The number of rotatable bonds is 5. The number of hydrogen-bond acceptors (Lipinski definition) is 4. The average molecular weight is 301 g/mol. The summed E-state index contributed by atoms with van der Waals surface area (Å²) >= 11 is 0. The summed E-state index contributed by atoms with van der Waals surface area (Å²) in [5.41, 5.74) is 0.404. The molecule has 0 bridgehead atoms. The molecule has 1 fully saturated rings. The highest BCUT2D eigenvalue weighted by Gasteiger charge is 2.28. The van der Waals surface area contributed by atoms with Crippen LogP contribution < -0.4 is 5.32 Å². The van der Waals surface area contributed by atoms with E-state index in [1.807, 2.05) is 0 Å². The normalized spacial score (nSPS) is 20.8. The highest BCUT2D eigenvalue weighted by atomic mass is 32.2. The molecule has 0 amide bonds. The number of nitrogens with one attached hydrogen (secondary N) is 1.